The van der Waals surface area contributed by atoms with Gasteiger partial charge in [-0.15, -0.1) is 0 Å². The van der Waals surface area contributed by atoms with Crippen molar-refractivity contribution in [2.45, 2.75) is 46.3 Å². The molecule has 40 heavy (non-hydrogen) atoms. The number of fused-ring (bicyclic) bond motifs is 2. The first-order valence-corrected chi connectivity index (χ1v) is 13.0. The summed E-state index contributed by atoms with van der Waals surface area (Å²) in [5.74, 6) is -0.0126. The Morgan fingerprint density at radius 2 is 1.85 bits per heavy atom. The zero-order chi connectivity index (χ0) is 28.8. The van der Waals surface area contributed by atoms with Crippen LogP contribution in [0.1, 0.15) is 60.9 Å². The zero-order valence-corrected chi connectivity index (χ0v) is 23.3. The van der Waals surface area contributed by atoms with Crippen molar-refractivity contribution in [3.63, 3.8) is 0 Å². The van der Waals surface area contributed by atoms with Gasteiger partial charge in [0.15, 0.2) is 11.1 Å². The van der Waals surface area contributed by atoms with E-state index in [1.165, 1.54) is 6.07 Å². The Hall–Kier alpha value is -4.90. The highest BCUT2D eigenvalue weighted by Crippen LogP contribution is 2.33. The smallest absolute Gasteiger partial charge is 0.340 e. The quantitative estimate of drug-likeness (QED) is 0.251. The lowest BCUT2D eigenvalue weighted by molar-refractivity contribution is 0.00706. The minimum Gasteiger partial charge on any atom is -0.456 e. The molecule has 0 aliphatic heterocycles. The van der Waals surface area contributed by atoms with Crippen LogP contribution >= 0.6 is 0 Å². The molecule has 0 saturated carbocycles. The molecule has 0 amide bonds. The lowest BCUT2D eigenvalue weighted by Crippen LogP contribution is -2.24. The number of benzene rings is 3. The second kappa shape index (κ2) is 10.0. The van der Waals surface area contributed by atoms with Crippen molar-refractivity contribution < 1.29 is 13.9 Å². The number of nitriles is 1. The summed E-state index contributed by atoms with van der Waals surface area (Å²) >= 11 is 0. The normalized spacial score (nSPS) is 12.3. The summed E-state index contributed by atoms with van der Waals surface area (Å²) in [6, 6.07) is 19.8. The summed E-state index contributed by atoms with van der Waals surface area (Å²) in [7, 11) is 1.77. The first kappa shape index (κ1) is 26.7. The van der Waals surface area contributed by atoms with Gasteiger partial charge in [0.05, 0.1) is 22.5 Å². The Morgan fingerprint density at radius 1 is 1.10 bits per heavy atom. The molecule has 1 atom stereocenters. The van der Waals surface area contributed by atoms with Crippen LogP contribution in [0.2, 0.25) is 0 Å². The molecule has 8 nitrogen and oxygen atoms in total. The summed E-state index contributed by atoms with van der Waals surface area (Å²) in [6.07, 6.45) is 0. The molecule has 1 unspecified atom stereocenters. The molecule has 0 bridgehead atoms. The van der Waals surface area contributed by atoms with E-state index in [-0.39, 0.29) is 11.5 Å². The van der Waals surface area contributed by atoms with E-state index in [1.54, 1.807) is 23.9 Å². The van der Waals surface area contributed by atoms with E-state index in [0.717, 1.165) is 22.0 Å². The van der Waals surface area contributed by atoms with Crippen molar-refractivity contribution in [2.24, 2.45) is 7.05 Å². The van der Waals surface area contributed by atoms with Crippen molar-refractivity contribution in [1.29, 1.82) is 5.26 Å². The van der Waals surface area contributed by atoms with Gasteiger partial charge >= 0.3 is 5.97 Å². The number of hydrogen-bond donors (Lipinski definition) is 1. The van der Waals surface area contributed by atoms with Crippen LogP contribution in [-0.2, 0) is 11.8 Å². The Bertz CT molecular complexity index is 1890. The topological polar surface area (TPSA) is 110 Å². The van der Waals surface area contributed by atoms with Crippen molar-refractivity contribution in [3.05, 3.63) is 93.3 Å². The molecule has 0 aliphatic rings. The standard InChI is InChI=1S/C32H30N4O4/c1-18-13-23(19(2)34-25-10-8-7-9-22(25)31(38)40-32(3,4)5)30-24(14-18)28(37)16-29(39-30)20-11-12-21-26(17-33)35-36(6)27(21)15-20/h7-16,19,34H,1-6H3. The third-order valence-corrected chi connectivity index (χ3v) is 6.63. The molecule has 5 aromatic rings. The van der Waals surface area contributed by atoms with Crippen LogP contribution in [0.4, 0.5) is 5.69 Å². The Labute approximate surface area is 231 Å². The predicted molar refractivity (Wildman–Crippen MR) is 155 cm³/mol. The fraction of sp³-hybridized carbons (Fsp3) is 0.250. The number of ether oxygens (including phenoxy) is 1. The molecule has 1 N–H and O–H groups in total. The monoisotopic (exact) mass is 534 g/mol. The van der Waals surface area contributed by atoms with Gasteiger partial charge in [-0.2, -0.15) is 10.4 Å². The predicted octanol–water partition coefficient (Wildman–Crippen LogP) is 6.66. The second-order valence-electron chi connectivity index (χ2n) is 10.9. The Morgan fingerprint density at radius 3 is 2.58 bits per heavy atom. The van der Waals surface area contributed by atoms with Crippen molar-refractivity contribution in [1.82, 2.24) is 9.78 Å². The summed E-state index contributed by atoms with van der Waals surface area (Å²) in [4.78, 5) is 26.2. The highest BCUT2D eigenvalue weighted by Gasteiger charge is 2.22. The molecule has 202 valence electrons. The summed E-state index contributed by atoms with van der Waals surface area (Å²) in [6.45, 7) is 9.38. The lowest BCUT2D eigenvalue weighted by atomic mass is 10.00. The van der Waals surface area contributed by atoms with Crippen LogP contribution in [0.3, 0.4) is 0 Å². The van der Waals surface area contributed by atoms with Gasteiger partial charge in [-0.3, -0.25) is 9.48 Å². The molecule has 0 fully saturated rings. The van der Waals surface area contributed by atoms with Gasteiger partial charge in [0.1, 0.15) is 23.0 Å². The van der Waals surface area contributed by atoms with Crippen molar-refractivity contribution in [3.8, 4) is 17.4 Å². The van der Waals surface area contributed by atoms with E-state index in [1.807, 2.05) is 77.1 Å². The second-order valence-corrected chi connectivity index (χ2v) is 10.9. The number of aromatic nitrogens is 2. The molecule has 0 saturated heterocycles. The number of carbonyl (C=O) groups is 1. The Balaban J connectivity index is 1.59. The van der Waals surface area contributed by atoms with Crippen LogP contribution in [0.25, 0.3) is 33.2 Å². The molecule has 3 aromatic carbocycles. The maximum absolute atomic E-state index is 13.3. The fourth-order valence-electron chi connectivity index (χ4n) is 4.82. The zero-order valence-electron chi connectivity index (χ0n) is 23.3. The maximum Gasteiger partial charge on any atom is 0.340 e. The van der Waals surface area contributed by atoms with Crippen molar-refractivity contribution in [2.75, 3.05) is 5.32 Å². The number of nitrogens with one attached hydrogen (secondary N) is 1. The van der Waals surface area contributed by atoms with E-state index in [2.05, 4.69) is 16.5 Å². The molecule has 0 aliphatic carbocycles. The lowest BCUT2D eigenvalue weighted by Gasteiger charge is -2.22. The minimum absolute atomic E-state index is 0.162. The van der Waals surface area contributed by atoms with Gasteiger partial charge in [0, 0.05) is 35.3 Å². The molecule has 8 heteroatoms. The summed E-state index contributed by atoms with van der Waals surface area (Å²) < 4.78 is 13.7. The average Bonchev–Trinajstić information content (AvgIpc) is 3.22. The largest absolute Gasteiger partial charge is 0.456 e. The molecular formula is C32H30N4O4. The third kappa shape index (κ3) is 5.06. The van der Waals surface area contributed by atoms with Gasteiger partial charge in [-0.25, -0.2) is 4.79 Å². The first-order valence-electron chi connectivity index (χ1n) is 13.0. The number of para-hydroxylation sites is 1. The first-order chi connectivity index (χ1) is 18.9. The number of carbonyl (C=O) groups excluding carboxylic acids is 1. The molecule has 0 radical (unpaired) electrons. The van der Waals surface area contributed by atoms with Crippen LogP contribution < -0.4 is 10.7 Å². The van der Waals surface area contributed by atoms with E-state index in [9.17, 15) is 14.9 Å². The van der Waals surface area contributed by atoms with Gasteiger partial charge in [-0.1, -0.05) is 24.3 Å². The van der Waals surface area contributed by atoms with Gasteiger partial charge in [-0.05, 0) is 70.5 Å². The third-order valence-electron chi connectivity index (χ3n) is 6.63. The van der Waals surface area contributed by atoms with E-state index in [0.29, 0.717) is 39.2 Å². The van der Waals surface area contributed by atoms with Gasteiger partial charge in [0.25, 0.3) is 0 Å². The maximum atomic E-state index is 13.3. The highest BCUT2D eigenvalue weighted by molar-refractivity contribution is 5.96. The number of nitrogens with zero attached hydrogens (tertiary/aromatic N) is 3. The highest BCUT2D eigenvalue weighted by atomic mass is 16.6. The van der Waals surface area contributed by atoms with Crippen molar-refractivity contribution >= 4 is 33.5 Å². The van der Waals surface area contributed by atoms with Crippen LogP contribution in [0, 0.1) is 18.3 Å². The molecule has 0 spiro atoms. The SMILES string of the molecule is Cc1cc(C(C)Nc2ccccc2C(=O)OC(C)(C)C)c2oc(-c3ccc4c(C#N)nn(C)c4c3)cc(=O)c2c1. The summed E-state index contributed by atoms with van der Waals surface area (Å²) in [5, 5.41) is 18.3. The fourth-order valence-corrected chi connectivity index (χ4v) is 4.82. The van der Waals surface area contributed by atoms with E-state index in [4.69, 9.17) is 9.15 Å². The number of aryl methyl sites for hydroxylation is 2. The minimum atomic E-state index is -0.628. The number of esters is 1. The molecule has 2 heterocycles. The molecule has 5 rings (SSSR count). The van der Waals surface area contributed by atoms with Gasteiger partial charge < -0.3 is 14.5 Å². The number of rotatable bonds is 5. The van der Waals surface area contributed by atoms with E-state index >= 15 is 0 Å². The number of hydrogen-bond acceptors (Lipinski definition) is 7. The average molecular weight is 535 g/mol. The number of anilines is 1. The summed E-state index contributed by atoms with van der Waals surface area (Å²) in [5.41, 5.74) is 4.20. The van der Waals surface area contributed by atoms with Crippen LogP contribution in [-0.4, -0.2) is 21.4 Å². The van der Waals surface area contributed by atoms with Crippen LogP contribution in [0.5, 0.6) is 0 Å². The molecular weight excluding hydrogens is 504 g/mol. The Kier molecular flexibility index (Phi) is 6.68. The van der Waals surface area contributed by atoms with Crippen LogP contribution in [0.15, 0.2) is 69.9 Å². The van der Waals surface area contributed by atoms with E-state index < -0.39 is 11.6 Å². The van der Waals surface area contributed by atoms with Gasteiger partial charge in [0.2, 0.25) is 0 Å². The molecule has 2 aromatic heterocycles.